The molecule has 1 aliphatic heterocycles. The molecule has 0 bridgehead atoms. The zero-order valence-corrected chi connectivity index (χ0v) is 18.2. The lowest BCUT2D eigenvalue weighted by molar-refractivity contribution is 0.293. The van der Waals surface area contributed by atoms with E-state index in [0.717, 1.165) is 37.1 Å². The highest BCUT2D eigenvalue weighted by atomic mass is 127. The lowest BCUT2D eigenvalue weighted by Crippen LogP contribution is -2.43. The number of hydrogen-bond donors (Lipinski definition) is 1. The van der Waals surface area contributed by atoms with E-state index in [1.165, 1.54) is 18.4 Å². The van der Waals surface area contributed by atoms with Gasteiger partial charge in [0.05, 0.1) is 20.3 Å². The Bertz CT molecular complexity index is 560. The molecule has 2 rings (SSSR count). The molecule has 1 aliphatic rings. The van der Waals surface area contributed by atoms with Crippen molar-refractivity contribution in [3.63, 3.8) is 0 Å². The van der Waals surface area contributed by atoms with Gasteiger partial charge in [-0.15, -0.1) is 24.0 Å². The molecule has 1 N–H and O–H groups in total. The quantitative estimate of drug-likeness (QED) is 0.400. The van der Waals surface area contributed by atoms with Crippen LogP contribution in [-0.4, -0.2) is 70.8 Å². The molecule has 0 amide bonds. The van der Waals surface area contributed by atoms with Gasteiger partial charge in [0.25, 0.3) is 0 Å². The normalized spacial score (nSPS) is 15.8. The first-order valence-electron chi connectivity index (χ1n) is 8.44. The Morgan fingerprint density at radius 2 is 1.84 bits per heavy atom. The summed E-state index contributed by atoms with van der Waals surface area (Å²) >= 11 is 0. The number of nitrogens with zero attached hydrogens (tertiary/aromatic N) is 3. The van der Waals surface area contributed by atoms with Crippen LogP contribution < -0.4 is 14.8 Å². The average Bonchev–Trinajstić information content (AvgIpc) is 3.12. The molecular weight excluding hydrogens is 431 g/mol. The Balaban J connectivity index is 0.00000312. The van der Waals surface area contributed by atoms with Gasteiger partial charge >= 0.3 is 0 Å². The molecule has 1 heterocycles. The predicted octanol–water partition coefficient (Wildman–Crippen LogP) is 2.60. The van der Waals surface area contributed by atoms with E-state index >= 15 is 0 Å². The summed E-state index contributed by atoms with van der Waals surface area (Å²) in [5.74, 6) is 2.49. The van der Waals surface area contributed by atoms with E-state index in [1.54, 1.807) is 14.2 Å². The Hall–Kier alpha value is -1.22. The second kappa shape index (κ2) is 10.7. The van der Waals surface area contributed by atoms with Gasteiger partial charge in [-0.2, -0.15) is 0 Å². The second-order valence-corrected chi connectivity index (χ2v) is 6.22. The number of aliphatic imine (C=N–C) groups is 1. The third kappa shape index (κ3) is 5.64. The van der Waals surface area contributed by atoms with E-state index in [4.69, 9.17) is 9.47 Å². The minimum atomic E-state index is 0. The molecule has 142 valence electrons. The van der Waals surface area contributed by atoms with Gasteiger partial charge in [-0.3, -0.25) is 4.99 Å². The van der Waals surface area contributed by atoms with Gasteiger partial charge in [0.2, 0.25) is 0 Å². The summed E-state index contributed by atoms with van der Waals surface area (Å²) in [4.78, 5) is 8.95. The minimum absolute atomic E-state index is 0. The Kier molecular flexibility index (Phi) is 9.34. The van der Waals surface area contributed by atoms with E-state index < -0.39 is 0 Å². The summed E-state index contributed by atoms with van der Waals surface area (Å²) in [6, 6.07) is 6.31. The number of nitrogens with one attached hydrogen (secondary N) is 1. The predicted molar refractivity (Wildman–Crippen MR) is 114 cm³/mol. The fourth-order valence-corrected chi connectivity index (χ4v) is 3.11. The highest BCUT2D eigenvalue weighted by Crippen LogP contribution is 2.31. The summed E-state index contributed by atoms with van der Waals surface area (Å²) in [5.41, 5.74) is 1.18. The van der Waals surface area contributed by atoms with Gasteiger partial charge in [0.1, 0.15) is 0 Å². The first-order valence-corrected chi connectivity index (χ1v) is 8.44. The zero-order chi connectivity index (χ0) is 17.5. The Labute approximate surface area is 168 Å². The summed E-state index contributed by atoms with van der Waals surface area (Å²) < 4.78 is 10.8. The van der Waals surface area contributed by atoms with Gasteiger partial charge in [0.15, 0.2) is 17.5 Å². The largest absolute Gasteiger partial charge is 0.493 e. The molecular formula is C18H31IN4O2. The molecule has 0 aliphatic carbocycles. The summed E-state index contributed by atoms with van der Waals surface area (Å²) in [6.07, 6.45) is 2.49. The first-order chi connectivity index (χ1) is 11.6. The maximum absolute atomic E-state index is 5.44. The molecule has 0 spiro atoms. The van der Waals surface area contributed by atoms with Gasteiger partial charge in [0, 0.05) is 26.7 Å². The zero-order valence-electron chi connectivity index (χ0n) is 15.9. The van der Waals surface area contributed by atoms with Crippen LogP contribution in [0.5, 0.6) is 11.5 Å². The van der Waals surface area contributed by atoms with Crippen LogP contribution in [0.25, 0.3) is 0 Å². The average molecular weight is 462 g/mol. The van der Waals surface area contributed by atoms with Crippen LogP contribution >= 0.6 is 24.0 Å². The van der Waals surface area contributed by atoms with E-state index in [9.17, 15) is 0 Å². The smallest absolute Gasteiger partial charge is 0.193 e. The molecule has 6 nitrogen and oxygen atoms in total. The minimum Gasteiger partial charge on any atom is -0.493 e. The fourth-order valence-electron chi connectivity index (χ4n) is 3.11. The van der Waals surface area contributed by atoms with E-state index in [1.807, 2.05) is 19.2 Å². The number of halogens is 1. The van der Waals surface area contributed by atoms with E-state index in [-0.39, 0.29) is 30.0 Å². The van der Waals surface area contributed by atoms with Crippen molar-refractivity contribution in [2.45, 2.75) is 18.9 Å². The standard InChI is InChI=1S/C18H30N4O2.HI/c1-19-18(22-10-6-7-11-22)20-13-15(21(2)3)14-8-9-16(23-4)17(12-14)24-5;/h8-9,12,15H,6-7,10-11,13H2,1-5H3,(H,19,20);1H. The number of hydrogen-bond acceptors (Lipinski definition) is 4. The number of rotatable bonds is 6. The fraction of sp³-hybridized carbons (Fsp3) is 0.611. The van der Waals surface area contributed by atoms with Crippen LogP contribution in [-0.2, 0) is 0 Å². The lowest BCUT2D eigenvalue weighted by atomic mass is 10.1. The second-order valence-electron chi connectivity index (χ2n) is 6.22. The summed E-state index contributed by atoms with van der Waals surface area (Å²) in [7, 11) is 9.34. The molecule has 7 heteroatoms. The highest BCUT2D eigenvalue weighted by Gasteiger charge is 2.20. The summed E-state index contributed by atoms with van der Waals surface area (Å²) in [5, 5.41) is 3.52. The molecule has 0 aromatic heterocycles. The molecule has 0 saturated carbocycles. The van der Waals surface area contributed by atoms with Gasteiger partial charge in [-0.1, -0.05) is 6.07 Å². The molecule has 1 saturated heterocycles. The number of likely N-dealkylation sites (tertiary alicyclic amines) is 1. The third-order valence-electron chi connectivity index (χ3n) is 4.49. The molecule has 25 heavy (non-hydrogen) atoms. The van der Waals surface area contributed by atoms with E-state index in [2.05, 4.69) is 40.3 Å². The molecule has 1 atom stereocenters. The van der Waals surface area contributed by atoms with Gasteiger partial charge in [-0.05, 0) is 44.6 Å². The van der Waals surface area contributed by atoms with Crippen molar-refractivity contribution in [2.75, 3.05) is 55.0 Å². The maximum atomic E-state index is 5.44. The van der Waals surface area contributed by atoms with Gasteiger partial charge in [-0.25, -0.2) is 0 Å². The lowest BCUT2D eigenvalue weighted by Gasteiger charge is -2.28. The van der Waals surface area contributed by atoms with Crippen molar-refractivity contribution < 1.29 is 9.47 Å². The number of methoxy groups -OCH3 is 2. The van der Waals surface area contributed by atoms with Crippen molar-refractivity contribution >= 4 is 29.9 Å². The van der Waals surface area contributed by atoms with Crippen molar-refractivity contribution in [3.05, 3.63) is 23.8 Å². The number of benzene rings is 1. The number of guanidine groups is 1. The third-order valence-corrected chi connectivity index (χ3v) is 4.49. The number of likely N-dealkylation sites (N-methyl/N-ethyl adjacent to an activating group) is 1. The van der Waals surface area contributed by atoms with Crippen molar-refractivity contribution in [3.8, 4) is 11.5 Å². The topological polar surface area (TPSA) is 49.3 Å². The van der Waals surface area contributed by atoms with Crippen LogP contribution in [0, 0.1) is 0 Å². The van der Waals surface area contributed by atoms with Crippen LogP contribution in [0.1, 0.15) is 24.4 Å². The molecule has 1 aromatic carbocycles. The molecule has 0 radical (unpaired) electrons. The van der Waals surface area contributed by atoms with Crippen LogP contribution in [0.2, 0.25) is 0 Å². The van der Waals surface area contributed by atoms with Crippen molar-refractivity contribution in [1.29, 1.82) is 0 Å². The maximum Gasteiger partial charge on any atom is 0.193 e. The highest BCUT2D eigenvalue weighted by molar-refractivity contribution is 14.0. The van der Waals surface area contributed by atoms with Gasteiger partial charge < -0.3 is 24.6 Å². The van der Waals surface area contributed by atoms with Crippen LogP contribution in [0.4, 0.5) is 0 Å². The Morgan fingerprint density at radius 3 is 2.36 bits per heavy atom. The molecule has 1 aromatic rings. The number of ether oxygens (including phenoxy) is 2. The SMILES string of the molecule is CN=C(NCC(c1ccc(OC)c(OC)c1)N(C)C)N1CCCC1.I. The summed E-state index contributed by atoms with van der Waals surface area (Å²) in [6.45, 7) is 2.96. The monoisotopic (exact) mass is 462 g/mol. The molecule has 1 unspecified atom stereocenters. The molecule has 1 fully saturated rings. The van der Waals surface area contributed by atoms with Crippen molar-refractivity contribution in [1.82, 2.24) is 15.1 Å². The van der Waals surface area contributed by atoms with Crippen molar-refractivity contribution in [2.24, 2.45) is 4.99 Å². The van der Waals surface area contributed by atoms with E-state index in [0.29, 0.717) is 0 Å². The van der Waals surface area contributed by atoms with Crippen LogP contribution in [0.15, 0.2) is 23.2 Å². The Morgan fingerprint density at radius 1 is 1.20 bits per heavy atom. The van der Waals surface area contributed by atoms with Crippen LogP contribution in [0.3, 0.4) is 0 Å². The first kappa shape index (κ1) is 21.8.